The number of aromatic nitrogens is 7. The normalized spacial score (nSPS) is 21.3. The predicted molar refractivity (Wildman–Crippen MR) is 196 cm³/mol. The summed E-state index contributed by atoms with van der Waals surface area (Å²) in [6.07, 6.45) is 0.566. The lowest BCUT2D eigenvalue weighted by Gasteiger charge is -2.42. The zero-order chi connectivity index (χ0) is 40.2. The van der Waals surface area contributed by atoms with Crippen LogP contribution in [-0.4, -0.2) is 88.1 Å². The van der Waals surface area contributed by atoms with Crippen LogP contribution in [0.2, 0.25) is 0 Å². The maximum atomic E-state index is 14.7. The number of imide groups is 1. The number of imidazole rings is 1. The Balaban J connectivity index is 0.913. The van der Waals surface area contributed by atoms with Gasteiger partial charge in [0.05, 0.1) is 34.6 Å². The number of amides is 3. The number of halogens is 5. The summed E-state index contributed by atoms with van der Waals surface area (Å²) in [6, 6.07) is 4.95. The monoisotopic (exact) mass is 797 g/mol. The highest BCUT2D eigenvalue weighted by molar-refractivity contribution is 6.08. The minimum absolute atomic E-state index is 0.0926. The van der Waals surface area contributed by atoms with E-state index in [1.165, 1.54) is 36.9 Å². The average Bonchev–Trinajstić information content (AvgIpc) is 3.88. The lowest BCUT2D eigenvalue weighted by atomic mass is 9.85. The molecule has 0 radical (unpaired) electrons. The molecule has 3 aliphatic rings. The second-order valence-electron chi connectivity index (χ2n) is 14.9. The van der Waals surface area contributed by atoms with Gasteiger partial charge in [-0.3, -0.25) is 33.5 Å². The van der Waals surface area contributed by atoms with E-state index >= 15 is 0 Å². The van der Waals surface area contributed by atoms with Gasteiger partial charge in [-0.25, -0.2) is 28.0 Å². The topological polar surface area (TPSA) is 157 Å². The highest BCUT2D eigenvalue weighted by Gasteiger charge is 2.44. The second kappa shape index (κ2) is 15.0. The van der Waals surface area contributed by atoms with E-state index in [1.807, 2.05) is 11.0 Å². The number of carbonyl (C=O) groups excluding carboxylic acids is 3. The molecule has 2 N–H and O–H groups in total. The number of piperidine rings is 2. The number of rotatable bonds is 9. The second-order valence-corrected chi connectivity index (χ2v) is 14.9. The maximum Gasteiger partial charge on any atom is 0.460 e. The molecule has 6 heterocycles. The highest BCUT2D eigenvalue weighted by atomic mass is 19.4. The fraction of sp³-hybridized carbons (Fsp3) is 0.486. The summed E-state index contributed by atoms with van der Waals surface area (Å²) in [5.74, 6) is -1.92. The number of nitrogens with zero attached hydrogens (tertiary/aromatic N) is 9. The maximum absolute atomic E-state index is 14.7. The number of nitrogens with one attached hydrogen (secondary N) is 2. The number of aryl methyl sites for hydroxylation is 1. The SMILES string of the molecule is Cn1c(=O)n(C2CCC(=O)NC2=O)c2cccc(N3CCC(N(C[C@H]4CC[C@H](n5cc(NC(=O)c6cnn7cccnc67)c(C(F)F)n5)CC4)C(F)(F)F)CC3)c21. The Morgan fingerprint density at radius 3 is 2.49 bits per heavy atom. The Labute approximate surface area is 321 Å². The first-order chi connectivity index (χ1) is 27.3. The molecule has 4 aromatic heterocycles. The molecule has 0 spiro atoms. The summed E-state index contributed by atoms with van der Waals surface area (Å²) in [5.41, 5.74) is 0.905. The number of para-hydroxylation sites is 1. The molecule has 3 fully saturated rings. The van der Waals surface area contributed by atoms with Crippen LogP contribution in [0.4, 0.5) is 33.3 Å². The molecule has 8 rings (SSSR count). The number of benzene rings is 1. The van der Waals surface area contributed by atoms with Crippen molar-refractivity contribution in [2.45, 2.75) is 82.2 Å². The van der Waals surface area contributed by atoms with Gasteiger partial charge in [0.1, 0.15) is 11.6 Å². The third kappa shape index (κ3) is 7.25. The van der Waals surface area contributed by atoms with E-state index in [0.29, 0.717) is 60.4 Å². The van der Waals surface area contributed by atoms with Gasteiger partial charge >= 0.3 is 12.0 Å². The summed E-state index contributed by atoms with van der Waals surface area (Å²) < 4.78 is 77.7. The minimum atomic E-state index is -4.58. The third-order valence-electron chi connectivity index (χ3n) is 11.6. The Bertz CT molecular complexity index is 2390. The van der Waals surface area contributed by atoms with Crippen molar-refractivity contribution in [1.29, 1.82) is 0 Å². The Morgan fingerprint density at radius 2 is 1.79 bits per heavy atom. The molecule has 3 amide bonds. The number of hydrogen-bond donors (Lipinski definition) is 2. The third-order valence-corrected chi connectivity index (χ3v) is 11.6. The number of carbonyl (C=O) groups is 3. The molecule has 57 heavy (non-hydrogen) atoms. The van der Waals surface area contributed by atoms with Crippen LogP contribution in [0.1, 0.15) is 85.9 Å². The molecule has 20 heteroatoms. The van der Waals surface area contributed by atoms with Crippen LogP contribution < -0.4 is 21.2 Å². The molecule has 15 nitrogen and oxygen atoms in total. The molecule has 5 aromatic rings. The molecule has 0 bridgehead atoms. The number of anilines is 2. The van der Waals surface area contributed by atoms with Crippen molar-refractivity contribution in [3.8, 4) is 0 Å². The number of hydrogen-bond acceptors (Lipinski definition) is 9. The molecular formula is C37H40F5N11O4. The first-order valence-electron chi connectivity index (χ1n) is 18.9. The lowest BCUT2D eigenvalue weighted by molar-refractivity contribution is -0.264. The fourth-order valence-electron chi connectivity index (χ4n) is 8.68. The number of alkyl halides is 5. The zero-order valence-corrected chi connectivity index (χ0v) is 30.8. The first-order valence-corrected chi connectivity index (χ1v) is 18.9. The van der Waals surface area contributed by atoms with E-state index in [9.17, 15) is 41.1 Å². The molecule has 1 saturated carbocycles. The molecule has 2 saturated heterocycles. The van der Waals surface area contributed by atoms with Crippen molar-refractivity contribution in [2.24, 2.45) is 13.0 Å². The minimum Gasteiger partial charge on any atom is -0.370 e. The molecular weight excluding hydrogens is 757 g/mol. The van der Waals surface area contributed by atoms with Gasteiger partial charge in [0.25, 0.3) is 12.3 Å². The molecule has 2 aliphatic heterocycles. The van der Waals surface area contributed by atoms with Gasteiger partial charge in [-0.15, -0.1) is 0 Å². The van der Waals surface area contributed by atoms with Gasteiger partial charge in [0.2, 0.25) is 11.8 Å². The first kappa shape index (κ1) is 38.2. The molecule has 1 aromatic carbocycles. The van der Waals surface area contributed by atoms with Gasteiger partial charge in [0.15, 0.2) is 11.3 Å². The van der Waals surface area contributed by atoms with Crippen molar-refractivity contribution < 1.29 is 36.3 Å². The Hall–Kier alpha value is -5.66. The number of fused-ring (bicyclic) bond motifs is 2. The zero-order valence-electron chi connectivity index (χ0n) is 30.8. The van der Waals surface area contributed by atoms with Gasteiger partial charge in [-0.2, -0.15) is 23.4 Å². The van der Waals surface area contributed by atoms with E-state index < -0.39 is 53.9 Å². The standard InChI is InChI=1S/C37H40F5N11O4/c1-48-31-26(4-2-5-27(31)53(36(48)57)28-10-11-29(54)46-35(28)56)49-16-12-22(13-17-49)50(37(40,41)42)19-21-6-8-23(9-7-21)52-20-25(30(47-52)32(38)39)45-34(55)24-18-44-51-15-3-14-43-33(24)51/h2-5,14-15,18,20-23,28,32H,6-13,16-17,19H2,1H3,(H,45,55)(H,46,54,56)/t21-,23-,28?. The van der Waals surface area contributed by atoms with Crippen molar-refractivity contribution in [1.82, 2.24) is 43.7 Å². The summed E-state index contributed by atoms with van der Waals surface area (Å²) in [4.78, 5) is 57.6. The van der Waals surface area contributed by atoms with Crippen molar-refractivity contribution in [3.63, 3.8) is 0 Å². The van der Waals surface area contributed by atoms with E-state index in [1.54, 1.807) is 31.4 Å². The molecule has 1 aliphatic carbocycles. The largest absolute Gasteiger partial charge is 0.460 e. The molecule has 1 atom stereocenters. The van der Waals surface area contributed by atoms with Crippen LogP contribution in [0.3, 0.4) is 0 Å². The highest BCUT2D eigenvalue weighted by Crippen LogP contribution is 2.39. The van der Waals surface area contributed by atoms with E-state index in [-0.39, 0.29) is 61.1 Å². The smallest absolute Gasteiger partial charge is 0.370 e. The van der Waals surface area contributed by atoms with Crippen molar-refractivity contribution in [3.05, 3.63) is 70.8 Å². The van der Waals surface area contributed by atoms with Crippen LogP contribution in [0.15, 0.2) is 53.8 Å². The van der Waals surface area contributed by atoms with E-state index in [0.717, 1.165) is 0 Å². The van der Waals surface area contributed by atoms with Crippen LogP contribution in [-0.2, 0) is 16.6 Å². The quantitative estimate of drug-likeness (QED) is 0.120. The van der Waals surface area contributed by atoms with Gasteiger partial charge < -0.3 is 10.2 Å². The van der Waals surface area contributed by atoms with Gasteiger partial charge in [-0.1, -0.05) is 6.07 Å². The average molecular weight is 798 g/mol. The van der Waals surface area contributed by atoms with Gasteiger partial charge in [0, 0.05) is 57.7 Å². The molecule has 302 valence electrons. The van der Waals surface area contributed by atoms with E-state index in [2.05, 4.69) is 25.8 Å². The fourth-order valence-corrected chi connectivity index (χ4v) is 8.68. The van der Waals surface area contributed by atoms with Crippen molar-refractivity contribution in [2.75, 3.05) is 29.9 Å². The Kier molecular flexibility index (Phi) is 10.1. The summed E-state index contributed by atoms with van der Waals surface area (Å²) in [6.45, 7) is 0.412. The van der Waals surface area contributed by atoms with E-state index in [4.69, 9.17) is 0 Å². The van der Waals surface area contributed by atoms with Crippen molar-refractivity contribution >= 4 is 45.8 Å². The lowest BCUT2D eigenvalue weighted by Crippen LogP contribution is -2.52. The van der Waals surface area contributed by atoms with Gasteiger partial charge in [-0.05, 0) is 69.1 Å². The van der Waals surface area contributed by atoms with Crippen LogP contribution >= 0.6 is 0 Å². The Morgan fingerprint density at radius 1 is 1.04 bits per heavy atom. The summed E-state index contributed by atoms with van der Waals surface area (Å²) in [7, 11) is 1.59. The van der Waals surface area contributed by atoms with Crippen LogP contribution in [0, 0.1) is 5.92 Å². The van der Waals surface area contributed by atoms with Crippen LogP contribution in [0.5, 0.6) is 0 Å². The predicted octanol–water partition coefficient (Wildman–Crippen LogP) is 4.97. The summed E-state index contributed by atoms with van der Waals surface area (Å²) in [5, 5.41) is 13.0. The van der Waals surface area contributed by atoms with Crippen LogP contribution in [0.25, 0.3) is 16.7 Å². The summed E-state index contributed by atoms with van der Waals surface area (Å²) >= 11 is 0. The molecule has 1 unspecified atom stereocenters.